The first-order valence-corrected chi connectivity index (χ1v) is 9.34. The van der Waals surface area contributed by atoms with E-state index in [1.54, 1.807) is 13.3 Å². The summed E-state index contributed by atoms with van der Waals surface area (Å²) in [6.45, 7) is 3.47. The third-order valence-corrected chi connectivity index (χ3v) is 5.40. The lowest BCUT2D eigenvalue weighted by atomic mass is 10.1. The van der Waals surface area contributed by atoms with Gasteiger partial charge in [-0.2, -0.15) is 0 Å². The van der Waals surface area contributed by atoms with Crippen molar-refractivity contribution in [3.63, 3.8) is 0 Å². The number of fused-ring (bicyclic) bond motifs is 1. The summed E-state index contributed by atoms with van der Waals surface area (Å²) in [6, 6.07) is 14.6. The van der Waals surface area contributed by atoms with Crippen LogP contribution >= 0.6 is 0 Å². The maximum absolute atomic E-state index is 6.06. The Morgan fingerprint density at radius 3 is 2.81 bits per heavy atom. The molecule has 1 aromatic heterocycles. The lowest BCUT2D eigenvalue weighted by Gasteiger charge is -2.37. The van der Waals surface area contributed by atoms with Gasteiger partial charge in [0.2, 0.25) is 5.88 Å². The molecule has 26 heavy (non-hydrogen) atoms. The van der Waals surface area contributed by atoms with Crippen LogP contribution in [0.2, 0.25) is 0 Å². The van der Waals surface area contributed by atoms with E-state index in [-0.39, 0.29) is 0 Å². The minimum atomic E-state index is 0.319. The first kappa shape index (κ1) is 17.3. The number of methoxy groups -OCH3 is 1. The van der Waals surface area contributed by atoms with E-state index in [4.69, 9.17) is 14.2 Å². The van der Waals surface area contributed by atoms with E-state index < -0.39 is 0 Å². The molecule has 0 spiro atoms. The molecule has 1 aliphatic carbocycles. The van der Waals surface area contributed by atoms with Crippen molar-refractivity contribution in [2.75, 3.05) is 26.9 Å². The molecular formula is C21H26N2O3. The van der Waals surface area contributed by atoms with E-state index in [1.807, 2.05) is 30.3 Å². The smallest absolute Gasteiger partial charge is 0.213 e. The van der Waals surface area contributed by atoms with Gasteiger partial charge >= 0.3 is 0 Å². The van der Waals surface area contributed by atoms with Gasteiger partial charge in [0.25, 0.3) is 0 Å². The molecule has 0 N–H and O–H groups in total. The number of morpholine rings is 1. The molecule has 2 heterocycles. The molecule has 0 radical (unpaired) electrons. The predicted octanol–water partition coefficient (Wildman–Crippen LogP) is 3.15. The van der Waals surface area contributed by atoms with Crippen LogP contribution in [-0.4, -0.2) is 48.9 Å². The number of hydrogen-bond acceptors (Lipinski definition) is 5. The van der Waals surface area contributed by atoms with Crippen LogP contribution in [0.1, 0.15) is 18.4 Å². The van der Waals surface area contributed by atoms with Crippen molar-refractivity contribution in [1.29, 1.82) is 0 Å². The van der Waals surface area contributed by atoms with E-state index >= 15 is 0 Å². The molecule has 2 fully saturated rings. The summed E-state index contributed by atoms with van der Waals surface area (Å²) >= 11 is 0. The minimum absolute atomic E-state index is 0.319. The second-order valence-electron chi connectivity index (χ2n) is 7.11. The third kappa shape index (κ3) is 4.00. The molecule has 2 aromatic rings. The lowest BCUT2D eigenvalue weighted by Crippen LogP contribution is -2.47. The fourth-order valence-electron chi connectivity index (χ4n) is 4.06. The van der Waals surface area contributed by atoms with Crippen molar-refractivity contribution < 1.29 is 14.2 Å². The summed E-state index contributed by atoms with van der Waals surface area (Å²) in [4.78, 5) is 6.81. The average Bonchev–Trinajstić information content (AvgIpc) is 3.12. The highest BCUT2D eigenvalue weighted by atomic mass is 16.5. The van der Waals surface area contributed by atoms with Crippen LogP contribution in [0.25, 0.3) is 0 Å². The van der Waals surface area contributed by atoms with Crippen LogP contribution in [0, 0.1) is 5.92 Å². The van der Waals surface area contributed by atoms with Gasteiger partial charge in [-0.3, -0.25) is 4.90 Å². The summed E-state index contributed by atoms with van der Waals surface area (Å²) in [5.74, 6) is 2.13. The number of rotatable bonds is 6. The fraction of sp³-hybridized carbons (Fsp3) is 0.476. The number of benzene rings is 1. The van der Waals surface area contributed by atoms with Gasteiger partial charge in [-0.15, -0.1) is 0 Å². The molecule has 3 atom stereocenters. The second-order valence-corrected chi connectivity index (χ2v) is 7.11. The molecule has 4 rings (SSSR count). The number of hydrogen-bond donors (Lipinski definition) is 0. The molecule has 0 bridgehead atoms. The van der Waals surface area contributed by atoms with Crippen molar-refractivity contribution in [3.8, 4) is 11.6 Å². The molecule has 5 nitrogen and oxygen atoms in total. The van der Waals surface area contributed by atoms with Crippen molar-refractivity contribution in [3.05, 3.63) is 54.2 Å². The Morgan fingerprint density at radius 2 is 2.04 bits per heavy atom. The number of nitrogens with zero attached hydrogens (tertiary/aromatic N) is 2. The van der Waals surface area contributed by atoms with Gasteiger partial charge < -0.3 is 14.2 Å². The van der Waals surface area contributed by atoms with Crippen molar-refractivity contribution in [2.45, 2.75) is 31.5 Å². The van der Waals surface area contributed by atoms with Crippen molar-refractivity contribution >= 4 is 0 Å². The van der Waals surface area contributed by atoms with Gasteiger partial charge in [0.05, 0.1) is 26.4 Å². The van der Waals surface area contributed by atoms with Crippen LogP contribution in [-0.2, 0) is 11.3 Å². The standard InChI is InChI=1S/C21H26N2O3/c1-24-18-7-5-16(6-8-18)14-23-10-11-25-20-13-17(12-19(20)23)15-26-21-4-2-3-9-22-21/h2-9,17,19-20H,10-15H2,1H3/t17-,19-,20-/m1/s1. The zero-order chi connectivity index (χ0) is 17.8. The highest BCUT2D eigenvalue weighted by molar-refractivity contribution is 5.27. The van der Waals surface area contributed by atoms with E-state index in [2.05, 4.69) is 22.0 Å². The second kappa shape index (κ2) is 8.06. The summed E-state index contributed by atoms with van der Waals surface area (Å²) in [7, 11) is 1.70. The van der Waals surface area contributed by atoms with E-state index in [0.29, 0.717) is 30.6 Å². The zero-order valence-electron chi connectivity index (χ0n) is 15.2. The maximum atomic E-state index is 6.06. The number of pyridine rings is 1. The van der Waals surface area contributed by atoms with Crippen molar-refractivity contribution in [1.82, 2.24) is 9.88 Å². The highest BCUT2D eigenvalue weighted by Crippen LogP contribution is 2.35. The largest absolute Gasteiger partial charge is 0.497 e. The first-order chi connectivity index (χ1) is 12.8. The van der Waals surface area contributed by atoms with Gasteiger partial charge in [-0.25, -0.2) is 4.98 Å². The first-order valence-electron chi connectivity index (χ1n) is 9.34. The van der Waals surface area contributed by atoms with Crippen LogP contribution < -0.4 is 9.47 Å². The third-order valence-electron chi connectivity index (χ3n) is 5.40. The molecule has 5 heteroatoms. The minimum Gasteiger partial charge on any atom is -0.497 e. The quantitative estimate of drug-likeness (QED) is 0.797. The highest BCUT2D eigenvalue weighted by Gasteiger charge is 2.41. The molecule has 1 saturated carbocycles. The average molecular weight is 354 g/mol. The summed E-state index contributed by atoms with van der Waals surface area (Å²) in [5.41, 5.74) is 1.32. The van der Waals surface area contributed by atoms with Gasteiger partial charge in [0.1, 0.15) is 5.75 Å². The van der Waals surface area contributed by atoms with E-state index in [9.17, 15) is 0 Å². The molecule has 138 valence electrons. The molecule has 1 aliphatic heterocycles. The van der Waals surface area contributed by atoms with Gasteiger partial charge in [-0.05, 0) is 42.5 Å². The number of ether oxygens (including phenoxy) is 3. The fourth-order valence-corrected chi connectivity index (χ4v) is 4.06. The zero-order valence-corrected chi connectivity index (χ0v) is 15.2. The molecule has 0 unspecified atom stereocenters. The van der Waals surface area contributed by atoms with E-state index in [0.717, 1.165) is 38.3 Å². The Kier molecular flexibility index (Phi) is 5.37. The maximum Gasteiger partial charge on any atom is 0.213 e. The van der Waals surface area contributed by atoms with Crippen molar-refractivity contribution in [2.24, 2.45) is 5.92 Å². The Morgan fingerprint density at radius 1 is 1.15 bits per heavy atom. The molecule has 1 aromatic carbocycles. The van der Waals surface area contributed by atoms with Gasteiger partial charge in [0.15, 0.2) is 0 Å². The Labute approximate surface area is 154 Å². The monoisotopic (exact) mass is 354 g/mol. The molecule has 1 saturated heterocycles. The van der Waals surface area contributed by atoms with Crippen LogP contribution in [0.3, 0.4) is 0 Å². The topological polar surface area (TPSA) is 43.8 Å². The predicted molar refractivity (Wildman–Crippen MR) is 99.4 cm³/mol. The normalized spacial score (nSPS) is 25.7. The Balaban J connectivity index is 1.35. The summed E-state index contributed by atoms with van der Waals surface area (Å²) in [5, 5.41) is 0. The Hall–Kier alpha value is -2.11. The van der Waals surface area contributed by atoms with Gasteiger partial charge in [0, 0.05) is 31.4 Å². The Bertz CT molecular complexity index is 692. The lowest BCUT2D eigenvalue weighted by molar-refractivity contribution is -0.0590. The molecular weight excluding hydrogens is 328 g/mol. The van der Waals surface area contributed by atoms with Crippen LogP contribution in [0.4, 0.5) is 0 Å². The number of aromatic nitrogens is 1. The summed E-state index contributed by atoms with van der Waals surface area (Å²) < 4.78 is 17.2. The molecule has 0 amide bonds. The van der Waals surface area contributed by atoms with Crippen LogP contribution in [0.5, 0.6) is 11.6 Å². The molecule has 2 aliphatic rings. The summed E-state index contributed by atoms with van der Waals surface area (Å²) in [6.07, 6.45) is 4.27. The SMILES string of the molecule is COc1ccc(CN2CCO[C@@H]3C[C@H](COc4ccccn4)C[C@H]32)cc1. The van der Waals surface area contributed by atoms with Crippen LogP contribution in [0.15, 0.2) is 48.7 Å². The van der Waals surface area contributed by atoms with E-state index in [1.165, 1.54) is 5.56 Å². The van der Waals surface area contributed by atoms with Gasteiger partial charge in [-0.1, -0.05) is 18.2 Å².